The van der Waals surface area contributed by atoms with Crippen molar-refractivity contribution in [3.8, 4) is 5.75 Å². The third kappa shape index (κ3) is 6.85. The minimum Gasteiger partial charge on any atom is -0.497 e. The summed E-state index contributed by atoms with van der Waals surface area (Å²) in [6, 6.07) is 13.2. The van der Waals surface area contributed by atoms with Crippen molar-refractivity contribution >= 4 is 21.8 Å². The van der Waals surface area contributed by atoms with Gasteiger partial charge in [-0.2, -0.15) is 4.31 Å². The molecule has 1 saturated carbocycles. The molecule has 1 aliphatic rings. The maximum absolute atomic E-state index is 13.6. The molecular formula is C27H37N3O5S. The van der Waals surface area contributed by atoms with Crippen molar-refractivity contribution in [2.24, 2.45) is 0 Å². The maximum atomic E-state index is 13.6. The number of carbonyl (C=O) groups is 2. The number of sulfonamides is 1. The van der Waals surface area contributed by atoms with Crippen LogP contribution in [0.2, 0.25) is 0 Å². The smallest absolute Gasteiger partial charge is 0.243 e. The molecule has 0 heterocycles. The fourth-order valence-corrected chi connectivity index (χ4v) is 5.59. The molecule has 1 atom stereocenters. The highest BCUT2D eigenvalue weighted by Crippen LogP contribution is 2.21. The Kier molecular flexibility index (Phi) is 9.50. The number of benzene rings is 2. The summed E-state index contributed by atoms with van der Waals surface area (Å²) in [6.45, 7) is 3.54. The third-order valence-corrected chi connectivity index (χ3v) is 8.50. The zero-order valence-corrected chi connectivity index (χ0v) is 22.4. The van der Waals surface area contributed by atoms with Crippen molar-refractivity contribution in [2.75, 3.05) is 20.7 Å². The molecule has 0 unspecified atom stereocenters. The van der Waals surface area contributed by atoms with Gasteiger partial charge in [0.2, 0.25) is 21.8 Å². The van der Waals surface area contributed by atoms with Crippen LogP contribution in [0.5, 0.6) is 5.75 Å². The quantitative estimate of drug-likeness (QED) is 0.494. The van der Waals surface area contributed by atoms with Gasteiger partial charge in [0.15, 0.2) is 0 Å². The van der Waals surface area contributed by atoms with Gasteiger partial charge in [-0.1, -0.05) is 49.6 Å². The third-order valence-electron chi connectivity index (χ3n) is 6.69. The molecule has 0 aromatic heterocycles. The van der Waals surface area contributed by atoms with Gasteiger partial charge < -0.3 is 15.0 Å². The van der Waals surface area contributed by atoms with Crippen molar-refractivity contribution in [2.45, 2.75) is 69.5 Å². The van der Waals surface area contributed by atoms with Gasteiger partial charge in [0.05, 0.1) is 18.6 Å². The predicted octanol–water partition coefficient (Wildman–Crippen LogP) is 3.49. The van der Waals surface area contributed by atoms with Crippen LogP contribution < -0.4 is 10.1 Å². The van der Waals surface area contributed by atoms with E-state index in [4.69, 9.17) is 4.74 Å². The average Bonchev–Trinajstić information content (AvgIpc) is 3.37. The number of hydrogen-bond acceptors (Lipinski definition) is 5. The minimum absolute atomic E-state index is 0.120. The summed E-state index contributed by atoms with van der Waals surface area (Å²) < 4.78 is 32.5. The zero-order valence-electron chi connectivity index (χ0n) is 21.6. The lowest BCUT2D eigenvalue weighted by atomic mass is 10.1. The van der Waals surface area contributed by atoms with Crippen molar-refractivity contribution in [1.82, 2.24) is 14.5 Å². The second-order valence-corrected chi connectivity index (χ2v) is 11.4. The molecule has 0 saturated heterocycles. The van der Waals surface area contributed by atoms with Crippen LogP contribution in [0.15, 0.2) is 53.4 Å². The Hall–Kier alpha value is -2.91. The Morgan fingerprint density at radius 1 is 1.06 bits per heavy atom. The number of ether oxygens (including phenoxy) is 1. The highest BCUT2D eigenvalue weighted by atomic mass is 32.2. The van der Waals surface area contributed by atoms with E-state index in [1.165, 1.54) is 24.1 Å². The first kappa shape index (κ1) is 27.7. The summed E-state index contributed by atoms with van der Waals surface area (Å²) in [6.07, 6.45) is 4.45. The number of nitrogens with one attached hydrogen (secondary N) is 1. The Morgan fingerprint density at radius 3 is 2.22 bits per heavy atom. The van der Waals surface area contributed by atoms with E-state index in [1.54, 1.807) is 31.4 Å². The molecule has 0 spiro atoms. The Balaban J connectivity index is 1.83. The highest BCUT2D eigenvalue weighted by Gasteiger charge is 2.33. The largest absolute Gasteiger partial charge is 0.497 e. The SMILES string of the molecule is CC[C@@H](C(=O)NC1CCCC1)N(Cc1ccc(OC)cc1)C(=O)CN(C)S(=O)(=O)c1ccc(C)cc1. The number of hydrogen-bond donors (Lipinski definition) is 1. The summed E-state index contributed by atoms with van der Waals surface area (Å²) >= 11 is 0. The first-order chi connectivity index (χ1) is 17.1. The van der Waals surface area contributed by atoms with Crippen LogP contribution in [0, 0.1) is 6.92 Å². The fourth-order valence-electron chi connectivity index (χ4n) is 4.47. The molecule has 0 bridgehead atoms. The Labute approximate surface area is 214 Å². The van der Waals surface area contributed by atoms with Crippen LogP contribution in [-0.4, -0.2) is 62.2 Å². The van der Waals surface area contributed by atoms with Gasteiger partial charge in [-0.05, 0) is 56.0 Å². The Morgan fingerprint density at radius 2 is 1.67 bits per heavy atom. The van der Waals surface area contributed by atoms with E-state index in [0.717, 1.165) is 41.1 Å². The normalized spacial score (nSPS) is 15.0. The highest BCUT2D eigenvalue weighted by molar-refractivity contribution is 7.89. The monoisotopic (exact) mass is 515 g/mol. The molecule has 2 aromatic rings. The van der Waals surface area contributed by atoms with Gasteiger partial charge in [0.25, 0.3) is 0 Å². The van der Waals surface area contributed by atoms with E-state index in [1.807, 2.05) is 26.0 Å². The van der Waals surface area contributed by atoms with Crippen LogP contribution >= 0.6 is 0 Å². The molecule has 3 rings (SSSR count). The summed E-state index contributed by atoms with van der Waals surface area (Å²) in [4.78, 5) is 28.4. The first-order valence-electron chi connectivity index (χ1n) is 12.4. The van der Waals surface area contributed by atoms with Gasteiger partial charge in [0, 0.05) is 19.6 Å². The maximum Gasteiger partial charge on any atom is 0.243 e. The van der Waals surface area contributed by atoms with E-state index in [9.17, 15) is 18.0 Å². The number of carbonyl (C=O) groups excluding carboxylic acids is 2. The van der Waals surface area contributed by atoms with E-state index in [-0.39, 0.29) is 29.9 Å². The number of amides is 2. The molecule has 0 radical (unpaired) electrons. The van der Waals surface area contributed by atoms with E-state index in [2.05, 4.69) is 5.32 Å². The summed E-state index contributed by atoms with van der Waals surface area (Å²) in [5.41, 5.74) is 1.76. The van der Waals surface area contributed by atoms with Crippen molar-refractivity contribution in [3.05, 3.63) is 59.7 Å². The van der Waals surface area contributed by atoms with Gasteiger partial charge in [0.1, 0.15) is 11.8 Å². The van der Waals surface area contributed by atoms with Gasteiger partial charge >= 0.3 is 0 Å². The number of nitrogens with zero attached hydrogens (tertiary/aromatic N) is 2. The molecule has 1 fully saturated rings. The lowest BCUT2D eigenvalue weighted by molar-refractivity contribution is -0.141. The average molecular weight is 516 g/mol. The molecule has 1 N–H and O–H groups in total. The standard InChI is InChI=1S/C27H37N3O5S/c1-5-25(27(32)28-22-8-6-7-9-22)30(18-21-12-14-23(35-4)15-13-21)26(31)19-29(3)36(33,34)24-16-10-20(2)11-17-24/h10-17,22,25H,5-9,18-19H2,1-4H3,(H,28,32)/t25-/m0/s1. The molecule has 2 aromatic carbocycles. The molecule has 1 aliphatic carbocycles. The minimum atomic E-state index is -3.87. The van der Waals surface area contributed by atoms with Gasteiger partial charge in [-0.15, -0.1) is 0 Å². The number of likely N-dealkylation sites (N-methyl/N-ethyl adjacent to an activating group) is 1. The van der Waals surface area contributed by atoms with Gasteiger partial charge in [-0.25, -0.2) is 8.42 Å². The molecule has 8 nitrogen and oxygen atoms in total. The van der Waals surface area contributed by atoms with Crippen LogP contribution in [0.1, 0.15) is 50.2 Å². The molecular weight excluding hydrogens is 478 g/mol. The predicted molar refractivity (Wildman–Crippen MR) is 139 cm³/mol. The molecule has 36 heavy (non-hydrogen) atoms. The molecule has 9 heteroatoms. The van der Waals surface area contributed by atoms with E-state index < -0.39 is 22.0 Å². The first-order valence-corrected chi connectivity index (χ1v) is 13.9. The van der Waals surface area contributed by atoms with E-state index >= 15 is 0 Å². The zero-order chi connectivity index (χ0) is 26.3. The topological polar surface area (TPSA) is 96.0 Å². The molecule has 0 aliphatic heterocycles. The van der Waals surface area contributed by atoms with Crippen LogP contribution in [0.3, 0.4) is 0 Å². The van der Waals surface area contributed by atoms with Crippen molar-refractivity contribution in [3.63, 3.8) is 0 Å². The van der Waals surface area contributed by atoms with Crippen molar-refractivity contribution in [1.29, 1.82) is 0 Å². The summed E-state index contributed by atoms with van der Waals surface area (Å²) in [5.74, 6) is 0.0549. The number of methoxy groups -OCH3 is 1. The van der Waals surface area contributed by atoms with Crippen LogP contribution in [-0.2, 0) is 26.2 Å². The Bertz CT molecular complexity index is 1130. The van der Waals surface area contributed by atoms with E-state index in [0.29, 0.717) is 12.2 Å². The summed E-state index contributed by atoms with van der Waals surface area (Å²) in [5, 5.41) is 3.10. The lowest BCUT2D eigenvalue weighted by Crippen LogP contribution is -2.53. The number of rotatable bonds is 11. The molecule has 2 amide bonds. The van der Waals surface area contributed by atoms with Crippen LogP contribution in [0.25, 0.3) is 0 Å². The van der Waals surface area contributed by atoms with Gasteiger partial charge in [-0.3, -0.25) is 9.59 Å². The van der Waals surface area contributed by atoms with Crippen LogP contribution in [0.4, 0.5) is 0 Å². The second-order valence-electron chi connectivity index (χ2n) is 9.36. The van der Waals surface area contributed by atoms with Crippen molar-refractivity contribution < 1.29 is 22.7 Å². The fraction of sp³-hybridized carbons (Fsp3) is 0.481. The molecule has 196 valence electrons. The second kappa shape index (κ2) is 12.4. The lowest BCUT2D eigenvalue weighted by Gasteiger charge is -2.32. The number of aryl methyl sites for hydroxylation is 1. The summed E-state index contributed by atoms with van der Waals surface area (Å²) in [7, 11) is -0.903.